The van der Waals surface area contributed by atoms with Gasteiger partial charge in [0, 0.05) is 0 Å². The standard InChI is InChI=1S/C31H39F3O/c1-3-5-21-8-13-24(14-9-21)26-17-18-27(31(34)30(26)33)25-15-10-22(11-16-25)6-7-23-12-19-29(35-4-2)28(32)20-23/h3,5,12,17-22,24-25H,4,6-11,13-16H2,1-2H3. The van der Waals surface area contributed by atoms with Crippen molar-refractivity contribution in [3.05, 3.63) is 76.6 Å². The van der Waals surface area contributed by atoms with Gasteiger partial charge >= 0.3 is 0 Å². The lowest BCUT2D eigenvalue weighted by atomic mass is 9.75. The number of allylic oxidation sites excluding steroid dienone is 2. The van der Waals surface area contributed by atoms with Crippen molar-refractivity contribution in [2.75, 3.05) is 6.61 Å². The fraction of sp³-hybridized carbons (Fsp3) is 0.548. The number of halogens is 3. The van der Waals surface area contributed by atoms with Gasteiger partial charge in [0.1, 0.15) is 0 Å². The van der Waals surface area contributed by atoms with Gasteiger partial charge in [-0.3, -0.25) is 0 Å². The van der Waals surface area contributed by atoms with E-state index in [1.54, 1.807) is 12.1 Å². The maximum Gasteiger partial charge on any atom is 0.165 e. The third-order valence-corrected chi connectivity index (χ3v) is 8.24. The van der Waals surface area contributed by atoms with E-state index < -0.39 is 11.6 Å². The van der Waals surface area contributed by atoms with Crippen molar-refractivity contribution in [2.24, 2.45) is 11.8 Å². The molecule has 0 aliphatic heterocycles. The average Bonchev–Trinajstić information content (AvgIpc) is 2.87. The summed E-state index contributed by atoms with van der Waals surface area (Å²) in [5.41, 5.74) is 2.11. The zero-order chi connectivity index (χ0) is 24.8. The van der Waals surface area contributed by atoms with Crippen molar-refractivity contribution in [1.82, 2.24) is 0 Å². The highest BCUT2D eigenvalue weighted by Gasteiger charge is 2.29. The van der Waals surface area contributed by atoms with Crippen LogP contribution in [0.15, 0.2) is 42.5 Å². The van der Waals surface area contributed by atoms with E-state index in [-0.39, 0.29) is 17.7 Å². The van der Waals surface area contributed by atoms with Gasteiger partial charge in [0.05, 0.1) is 6.61 Å². The van der Waals surface area contributed by atoms with Crippen molar-refractivity contribution in [3.8, 4) is 5.75 Å². The SMILES string of the molecule is CC=CC1CCC(c2ccc(C3CCC(CCc4ccc(OCC)c(F)c4)CC3)c(F)c2F)CC1. The molecule has 2 fully saturated rings. The quantitative estimate of drug-likeness (QED) is 0.339. The maximum atomic E-state index is 15.2. The number of aryl methyl sites for hydroxylation is 1. The van der Waals surface area contributed by atoms with Crippen LogP contribution in [0.25, 0.3) is 0 Å². The summed E-state index contributed by atoms with van der Waals surface area (Å²) in [5.74, 6) is 0.0973. The van der Waals surface area contributed by atoms with Crippen molar-refractivity contribution in [3.63, 3.8) is 0 Å². The van der Waals surface area contributed by atoms with Crippen LogP contribution in [0.3, 0.4) is 0 Å². The van der Waals surface area contributed by atoms with Gasteiger partial charge in [-0.05, 0) is 131 Å². The summed E-state index contributed by atoms with van der Waals surface area (Å²) in [4.78, 5) is 0. The predicted molar refractivity (Wildman–Crippen MR) is 136 cm³/mol. The van der Waals surface area contributed by atoms with Gasteiger partial charge in [0.25, 0.3) is 0 Å². The number of rotatable bonds is 8. The van der Waals surface area contributed by atoms with Crippen LogP contribution in [0.1, 0.15) is 100 Å². The van der Waals surface area contributed by atoms with Crippen LogP contribution in [-0.2, 0) is 6.42 Å². The third-order valence-electron chi connectivity index (χ3n) is 8.24. The smallest absolute Gasteiger partial charge is 0.165 e. The van der Waals surface area contributed by atoms with Gasteiger partial charge in [-0.1, -0.05) is 30.4 Å². The fourth-order valence-corrected chi connectivity index (χ4v) is 6.21. The Balaban J connectivity index is 1.30. The van der Waals surface area contributed by atoms with E-state index in [0.29, 0.717) is 35.3 Å². The number of ether oxygens (including phenoxy) is 1. The Morgan fingerprint density at radius 1 is 0.829 bits per heavy atom. The van der Waals surface area contributed by atoms with Crippen LogP contribution < -0.4 is 4.74 Å². The summed E-state index contributed by atoms with van der Waals surface area (Å²) in [5, 5.41) is 0. The van der Waals surface area contributed by atoms with Gasteiger partial charge in [-0.25, -0.2) is 13.2 Å². The molecular weight excluding hydrogens is 445 g/mol. The van der Waals surface area contributed by atoms with Crippen LogP contribution in [0.5, 0.6) is 5.75 Å². The first kappa shape index (κ1) is 25.9. The maximum absolute atomic E-state index is 15.2. The topological polar surface area (TPSA) is 9.23 Å². The zero-order valence-corrected chi connectivity index (χ0v) is 21.2. The molecule has 2 aromatic carbocycles. The lowest BCUT2D eigenvalue weighted by molar-refractivity contribution is 0.303. The Morgan fingerprint density at radius 2 is 1.43 bits per heavy atom. The number of hydrogen-bond acceptors (Lipinski definition) is 1. The summed E-state index contributed by atoms with van der Waals surface area (Å²) < 4.78 is 49.7. The molecule has 0 unspecified atom stereocenters. The van der Waals surface area contributed by atoms with Crippen molar-refractivity contribution < 1.29 is 17.9 Å². The monoisotopic (exact) mass is 484 g/mol. The molecule has 2 aromatic rings. The van der Waals surface area contributed by atoms with E-state index in [1.807, 2.05) is 32.0 Å². The number of hydrogen-bond donors (Lipinski definition) is 0. The minimum atomic E-state index is -0.619. The lowest BCUT2D eigenvalue weighted by Gasteiger charge is -2.30. The van der Waals surface area contributed by atoms with Crippen molar-refractivity contribution in [2.45, 2.75) is 89.9 Å². The fourth-order valence-electron chi connectivity index (χ4n) is 6.21. The van der Waals surface area contributed by atoms with Crippen LogP contribution in [0.2, 0.25) is 0 Å². The van der Waals surface area contributed by atoms with Crippen LogP contribution >= 0.6 is 0 Å². The van der Waals surface area contributed by atoms with Gasteiger partial charge in [-0.2, -0.15) is 0 Å². The molecule has 4 heteroatoms. The second-order valence-electron chi connectivity index (χ2n) is 10.5. The van der Waals surface area contributed by atoms with Gasteiger partial charge in [0.2, 0.25) is 0 Å². The molecule has 35 heavy (non-hydrogen) atoms. The Labute approximate surface area is 208 Å². The number of benzene rings is 2. The minimum absolute atomic E-state index is 0.0862. The van der Waals surface area contributed by atoms with E-state index in [4.69, 9.17) is 4.74 Å². The van der Waals surface area contributed by atoms with E-state index in [9.17, 15) is 4.39 Å². The Hall–Kier alpha value is -2.23. The molecule has 190 valence electrons. The van der Waals surface area contributed by atoms with Crippen LogP contribution in [0.4, 0.5) is 13.2 Å². The first-order valence-electron chi connectivity index (χ1n) is 13.5. The Morgan fingerprint density at radius 3 is 1.97 bits per heavy atom. The Bertz CT molecular complexity index is 999. The van der Waals surface area contributed by atoms with E-state index in [1.165, 1.54) is 0 Å². The highest BCUT2D eigenvalue weighted by molar-refractivity contribution is 5.32. The molecule has 0 saturated heterocycles. The average molecular weight is 485 g/mol. The normalized spacial score (nSPS) is 25.2. The molecule has 4 rings (SSSR count). The third kappa shape index (κ3) is 6.32. The summed E-state index contributed by atoms with van der Waals surface area (Å²) in [6, 6.07) is 8.94. The molecule has 0 bridgehead atoms. The highest BCUT2D eigenvalue weighted by atomic mass is 19.2. The minimum Gasteiger partial charge on any atom is -0.491 e. The molecular formula is C31H39F3O. The molecule has 1 nitrogen and oxygen atoms in total. The largest absolute Gasteiger partial charge is 0.491 e. The molecule has 0 radical (unpaired) electrons. The van der Waals surface area contributed by atoms with Gasteiger partial charge in [0.15, 0.2) is 23.2 Å². The summed E-state index contributed by atoms with van der Waals surface area (Å²) in [7, 11) is 0. The zero-order valence-electron chi connectivity index (χ0n) is 21.2. The van der Waals surface area contributed by atoms with Crippen molar-refractivity contribution >= 4 is 0 Å². The second kappa shape index (κ2) is 12.1. The van der Waals surface area contributed by atoms with Crippen LogP contribution in [-0.4, -0.2) is 6.61 Å². The Kier molecular flexibility index (Phi) is 8.97. The molecule has 2 saturated carbocycles. The predicted octanol–water partition coefficient (Wildman–Crippen LogP) is 9.26. The first-order valence-corrected chi connectivity index (χ1v) is 13.5. The van der Waals surface area contributed by atoms with E-state index in [2.05, 4.69) is 12.2 Å². The van der Waals surface area contributed by atoms with E-state index in [0.717, 1.165) is 69.8 Å². The molecule has 2 aliphatic rings. The summed E-state index contributed by atoms with van der Waals surface area (Å²) in [6.07, 6.45) is 13.9. The van der Waals surface area contributed by atoms with Crippen molar-refractivity contribution in [1.29, 1.82) is 0 Å². The highest BCUT2D eigenvalue weighted by Crippen LogP contribution is 2.42. The first-order chi connectivity index (χ1) is 17.0. The van der Waals surface area contributed by atoms with E-state index >= 15 is 8.78 Å². The van der Waals surface area contributed by atoms with Gasteiger partial charge < -0.3 is 4.74 Å². The van der Waals surface area contributed by atoms with Gasteiger partial charge in [-0.15, -0.1) is 0 Å². The molecule has 0 heterocycles. The molecule has 0 atom stereocenters. The molecule has 0 aromatic heterocycles. The molecule has 0 amide bonds. The summed E-state index contributed by atoms with van der Waals surface area (Å²) in [6.45, 7) is 4.33. The van der Waals surface area contributed by atoms with Crippen LogP contribution in [0, 0.1) is 29.3 Å². The molecule has 0 spiro atoms. The lowest BCUT2D eigenvalue weighted by Crippen LogP contribution is -2.17. The molecule has 2 aliphatic carbocycles. The summed E-state index contributed by atoms with van der Waals surface area (Å²) >= 11 is 0. The second-order valence-corrected chi connectivity index (χ2v) is 10.5. The molecule has 0 N–H and O–H groups in total.